The lowest BCUT2D eigenvalue weighted by Crippen LogP contribution is -2.47. The summed E-state index contributed by atoms with van der Waals surface area (Å²) in [6.45, 7) is 0.00922. The molecule has 0 bridgehead atoms. The van der Waals surface area contributed by atoms with Crippen molar-refractivity contribution in [3.63, 3.8) is 0 Å². The van der Waals surface area contributed by atoms with Crippen LogP contribution in [0.5, 0.6) is 5.75 Å². The number of amides is 2. The number of carbonyl (C=O) groups is 2. The Bertz CT molecular complexity index is 548. The first kappa shape index (κ1) is 15.1. The molecule has 1 aliphatic rings. The maximum atomic E-state index is 12.5. The van der Waals surface area contributed by atoms with Crippen LogP contribution in [0.4, 0.5) is 10.5 Å². The molecule has 0 aliphatic carbocycles. The molecule has 2 amide bonds. The van der Waals surface area contributed by atoms with Crippen LogP contribution in [0.25, 0.3) is 0 Å². The van der Waals surface area contributed by atoms with Crippen LogP contribution < -0.4 is 9.64 Å². The van der Waals surface area contributed by atoms with Gasteiger partial charge in [-0.25, -0.2) is 9.59 Å². The van der Waals surface area contributed by atoms with Crippen LogP contribution in [0.2, 0.25) is 0 Å². The number of nitrogens with zero attached hydrogens (tertiary/aromatic N) is 2. The summed E-state index contributed by atoms with van der Waals surface area (Å²) in [5.41, 5.74) is 0.538. The quantitative estimate of drug-likeness (QED) is 0.859. The molecule has 2 N–H and O–H groups in total. The molecule has 0 saturated carbocycles. The Labute approximate surface area is 122 Å². The van der Waals surface area contributed by atoms with E-state index in [1.54, 1.807) is 31.3 Å². The number of likely N-dealkylation sites (tertiary alicyclic amines) is 1. The van der Waals surface area contributed by atoms with E-state index in [9.17, 15) is 14.7 Å². The predicted molar refractivity (Wildman–Crippen MR) is 75.5 cm³/mol. The van der Waals surface area contributed by atoms with Gasteiger partial charge in [0.2, 0.25) is 0 Å². The SMILES string of the molecule is COc1ccccc1N(C)C(=O)N1C[C@H](O)C[C@@H]1C(=O)O. The van der Waals surface area contributed by atoms with E-state index in [1.807, 2.05) is 0 Å². The van der Waals surface area contributed by atoms with Crippen LogP contribution in [0.3, 0.4) is 0 Å². The topological polar surface area (TPSA) is 90.3 Å². The third kappa shape index (κ3) is 2.92. The molecule has 1 aromatic rings. The van der Waals surface area contributed by atoms with Crippen LogP contribution in [-0.4, -0.2) is 60.0 Å². The van der Waals surface area contributed by atoms with Crippen molar-refractivity contribution in [2.45, 2.75) is 18.6 Å². The van der Waals surface area contributed by atoms with Gasteiger partial charge in [-0.05, 0) is 12.1 Å². The van der Waals surface area contributed by atoms with Crippen molar-refractivity contribution in [2.24, 2.45) is 0 Å². The van der Waals surface area contributed by atoms with Gasteiger partial charge in [-0.2, -0.15) is 0 Å². The highest BCUT2D eigenvalue weighted by Crippen LogP contribution is 2.29. The number of aliphatic hydroxyl groups is 1. The van der Waals surface area contributed by atoms with Gasteiger partial charge in [0.05, 0.1) is 18.9 Å². The molecular formula is C14H18N2O5. The standard InChI is InChI=1S/C14H18N2O5/c1-15(10-5-3-4-6-12(10)21-2)14(20)16-8-9(17)7-11(16)13(18)19/h3-6,9,11,17H,7-8H2,1-2H3,(H,18,19)/t9-,11-/m1/s1. The molecule has 2 atom stereocenters. The van der Waals surface area contributed by atoms with E-state index in [0.29, 0.717) is 11.4 Å². The van der Waals surface area contributed by atoms with Crippen molar-refractivity contribution in [2.75, 3.05) is 25.6 Å². The highest BCUT2D eigenvalue weighted by atomic mass is 16.5. The van der Waals surface area contributed by atoms with Crippen molar-refractivity contribution in [3.8, 4) is 5.75 Å². The number of rotatable bonds is 3. The van der Waals surface area contributed by atoms with Gasteiger partial charge >= 0.3 is 12.0 Å². The normalized spacial score (nSPS) is 21.2. The van der Waals surface area contributed by atoms with Crippen LogP contribution in [-0.2, 0) is 4.79 Å². The highest BCUT2D eigenvalue weighted by molar-refractivity contribution is 5.95. The number of para-hydroxylation sites is 2. The van der Waals surface area contributed by atoms with E-state index in [4.69, 9.17) is 9.84 Å². The van der Waals surface area contributed by atoms with Gasteiger partial charge in [0, 0.05) is 20.0 Å². The fourth-order valence-corrected chi connectivity index (χ4v) is 2.46. The average molecular weight is 294 g/mol. The molecule has 1 saturated heterocycles. The first-order valence-electron chi connectivity index (χ1n) is 6.54. The highest BCUT2D eigenvalue weighted by Gasteiger charge is 2.40. The third-order valence-corrected chi connectivity index (χ3v) is 3.54. The number of carboxylic acid groups (broad SMARTS) is 1. The summed E-state index contributed by atoms with van der Waals surface area (Å²) >= 11 is 0. The minimum absolute atomic E-state index is 0.00922. The Kier molecular flexibility index (Phi) is 4.32. The molecule has 1 aromatic carbocycles. The number of anilines is 1. The smallest absolute Gasteiger partial charge is 0.326 e. The molecular weight excluding hydrogens is 276 g/mol. The minimum Gasteiger partial charge on any atom is -0.495 e. The Hall–Kier alpha value is -2.28. The van der Waals surface area contributed by atoms with E-state index >= 15 is 0 Å². The van der Waals surface area contributed by atoms with Gasteiger partial charge in [0.25, 0.3) is 0 Å². The average Bonchev–Trinajstić information content (AvgIpc) is 2.88. The first-order chi connectivity index (χ1) is 9.95. The van der Waals surface area contributed by atoms with E-state index in [1.165, 1.54) is 16.9 Å². The van der Waals surface area contributed by atoms with E-state index in [2.05, 4.69) is 0 Å². The zero-order valence-electron chi connectivity index (χ0n) is 11.9. The van der Waals surface area contributed by atoms with Gasteiger partial charge in [-0.1, -0.05) is 12.1 Å². The second-order valence-corrected chi connectivity index (χ2v) is 4.91. The maximum Gasteiger partial charge on any atom is 0.326 e. The molecule has 114 valence electrons. The molecule has 1 heterocycles. The lowest BCUT2D eigenvalue weighted by molar-refractivity contribution is -0.141. The van der Waals surface area contributed by atoms with E-state index < -0.39 is 24.1 Å². The molecule has 21 heavy (non-hydrogen) atoms. The number of ether oxygens (including phenoxy) is 1. The molecule has 7 heteroatoms. The number of β-amino-alcohol motifs (C(OH)–C–C–N with tert-alkyl or cyclic N) is 1. The summed E-state index contributed by atoms with van der Waals surface area (Å²) < 4.78 is 5.20. The van der Waals surface area contributed by atoms with E-state index in [0.717, 1.165) is 0 Å². The molecule has 0 radical (unpaired) electrons. The molecule has 7 nitrogen and oxygen atoms in total. The number of benzene rings is 1. The van der Waals surface area contributed by atoms with Crippen LogP contribution in [0.1, 0.15) is 6.42 Å². The number of carboxylic acids is 1. The molecule has 0 unspecified atom stereocenters. The minimum atomic E-state index is -1.12. The van der Waals surface area contributed by atoms with Crippen LogP contribution in [0.15, 0.2) is 24.3 Å². The molecule has 1 fully saturated rings. The van der Waals surface area contributed by atoms with Gasteiger partial charge in [-0.3, -0.25) is 4.90 Å². The monoisotopic (exact) mass is 294 g/mol. The number of aliphatic hydroxyl groups excluding tert-OH is 1. The van der Waals surface area contributed by atoms with Crippen LogP contribution >= 0.6 is 0 Å². The number of aliphatic carboxylic acids is 1. The number of urea groups is 1. The second kappa shape index (κ2) is 6.01. The van der Waals surface area contributed by atoms with Crippen molar-refractivity contribution in [3.05, 3.63) is 24.3 Å². The molecule has 0 aromatic heterocycles. The number of hydrogen-bond donors (Lipinski definition) is 2. The predicted octanol–water partition coefficient (Wildman–Crippen LogP) is 0.771. The van der Waals surface area contributed by atoms with Gasteiger partial charge < -0.3 is 19.8 Å². The summed E-state index contributed by atoms with van der Waals surface area (Å²) in [5, 5.41) is 18.8. The third-order valence-electron chi connectivity index (χ3n) is 3.54. The largest absolute Gasteiger partial charge is 0.495 e. The Morgan fingerprint density at radius 3 is 2.67 bits per heavy atom. The lowest BCUT2D eigenvalue weighted by atomic mass is 10.2. The molecule has 0 spiro atoms. The summed E-state index contributed by atoms with van der Waals surface area (Å²) in [7, 11) is 3.04. The van der Waals surface area contributed by atoms with Crippen LogP contribution in [0, 0.1) is 0 Å². The van der Waals surface area contributed by atoms with Crippen molar-refractivity contribution >= 4 is 17.7 Å². The number of methoxy groups -OCH3 is 1. The molecule has 2 rings (SSSR count). The summed E-state index contributed by atoms with van der Waals surface area (Å²) in [5.74, 6) is -0.603. The number of carbonyl (C=O) groups excluding carboxylic acids is 1. The Morgan fingerprint density at radius 2 is 2.05 bits per heavy atom. The fraction of sp³-hybridized carbons (Fsp3) is 0.429. The lowest BCUT2D eigenvalue weighted by Gasteiger charge is -2.28. The second-order valence-electron chi connectivity index (χ2n) is 4.91. The number of hydrogen-bond acceptors (Lipinski definition) is 4. The first-order valence-corrected chi connectivity index (χ1v) is 6.54. The zero-order valence-corrected chi connectivity index (χ0v) is 11.9. The molecule has 1 aliphatic heterocycles. The zero-order chi connectivity index (χ0) is 15.6. The van der Waals surface area contributed by atoms with Gasteiger partial charge in [0.1, 0.15) is 11.8 Å². The van der Waals surface area contributed by atoms with Crippen molar-refractivity contribution in [1.82, 2.24) is 4.90 Å². The Morgan fingerprint density at radius 1 is 1.38 bits per heavy atom. The Balaban J connectivity index is 2.24. The maximum absolute atomic E-state index is 12.5. The summed E-state index contributed by atoms with van der Waals surface area (Å²) in [4.78, 5) is 26.2. The van der Waals surface area contributed by atoms with Gasteiger partial charge in [0.15, 0.2) is 0 Å². The van der Waals surface area contributed by atoms with Gasteiger partial charge in [-0.15, -0.1) is 0 Å². The summed E-state index contributed by atoms with van der Waals surface area (Å²) in [6.07, 6.45) is -0.776. The fourth-order valence-electron chi connectivity index (χ4n) is 2.46. The van der Waals surface area contributed by atoms with Crippen molar-refractivity contribution < 1.29 is 24.5 Å². The van der Waals surface area contributed by atoms with Crippen molar-refractivity contribution in [1.29, 1.82) is 0 Å². The van der Waals surface area contributed by atoms with E-state index in [-0.39, 0.29) is 13.0 Å². The summed E-state index contributed by atoms with van der Waals surface area (Å²) in [6, 6.07) is 5.47.